The van der Waals surface area contributed by atoms with Crippen LogP contribution in [0.2, 0.25) is 0 Å². The number of carbonyl (C=O) groups is 1. The number of carbonyl (C=O) groups excluding carboxylic acids is 1. The molecule has 0 aromatic heterocycles. The van der Waals surface area contributed by atoms with Crippen LogP contribution < -0.4 is 5.73 Å². The lowest BCUT2D eigenvalue weighted by molar-refractivity contribution is 0.0539. The van der Waals surface area contributed by atoms with Gasteiger partial charge in [0.25, 0.3) is 0 Å². The SMILES string of the molecule is C[C@]1(OC(N)=O)C[S@+]([O-])C1. The Morgan fingerprint density at radius 3 is 2.60 bits per heavy atom. The lowest BCUT2D eigenvalue weighted by atomic mass is 10.2. The summed E-state index contributed by atoms with van der Waals surface area (Å²) in [5.41, 5.74) is 4.21. The van der Waals surface area contributed by atoms with Gasteiger partial charge in [-0.2, -0.15) is 0 Å². The molecule has 0 radical (unpaired) electrons. The summed E-state index contributed by atoms with van der Waals surface area (Å²) in [6.07, 6.45) is -0.792. The smallest absolute Gasteiger partial charge is 0.405 e. The number of primary amides is 1. The van der Waals surface area contributed by atoms with Crippen molar-refractivity contribution in [2.75, 3.05) is 11.5 Å². The van der Waals surface area contributed by atoms with E-state index in [1.165, 1.54) is 0 Å². The summed E-state index contributed by atoms with van der Waals surface area (Å²) in [4.78, 5) is 10.2. The quantitative estimate of drug-likeness (QED) is 0.534. The zero-order valence-electron chi connectivity index (χ0n) is 5.62. The minimum Gasteiger partial charge on any atom is -0.616 e. The maximum Gasteiger partial charge on any atom is 0.405 e. The van der Waals surface area contributed by atoms with E-state index in [9.17, 15) is 9.35 Å². The molecule has 1 saturated heterocycles. The third-order valence-corrected chi connectivity index (χ3v) is 3.14. The zero-order valence-corrected chi connectivity index (χ0v) is 6.44. The van der Waals surface area contributed by atoms with Crippen LogP contribution >= 0.6 is 0 Å². The minimum absolute atomic E-state index is 0.413. The molecule has 1 heterocycles. The molecule has 2 N–H and O–H groups in total. The van der Waals surface area contributed by atoms with Crippen molar-refractivity contribution in [1.82, 2.24) is 0 Å². The lowest BCUT2D eigenvalue weighted by Crippen LogP contribution is -2.55. The second-order valence-electron chi connectivity index (χ2n) is 2.60. The second kappa shape index (κ2) is 2.32. The van der Waals surface area contributed by atoms with Crippen molar-refractivity contribution in [2.24, 2.45) is 5.73 Å². The maximum atomic E-state index is 10.6. The molecule has 58 valence electrons. The summed E-state index contributed by atoms with van der Waals surface area (Å²) in [5, 5.41) is 0. The predicted molar refractivity (Wildman–Crippen MR) is 36.9 cm³/mol. The fraction of sp³-hybridized carbons (Fsp3) is 0.800. The fourth-order valence-electron chi connectivity index (χ4n) is 0.941. The first kappa shape index (κ1) is 7.68. The molecule has 0 aromatic carbocycles. The summed E-state index contributed by atoms with van der Waals surface area (Å²) >= 11 is -0.811. The van der Waals surface area contributed by atoms with Crippen LogP contribution in [0.5, 0.6) is 0 Å². The molecule has 0 bridgehead atoms. The van der Waals surface area contributed by atoms with E-state index >= 15 is 0 Å². The van der Waals surface area contributed by atoms with Gasteiger partial charge in [-0.1, -0.05) is 0 Å². The molecule has 1 aliphatic rings. The van der Waals surface area contributed by atoms with Crippen molar-refractivity contribution in [3.05, 3.63) is 0 Å². The van der Waals surface area contributed by atoms with E-state index in [0.717, 1.165) is 0 Å². The largest absolute Gasteiger partial charge is 0.616 e. The van der Waals surface area contributed by atoms with Gasteiger partial charge in [0.1, 0.15) is 11.5 Å². The summed E-state index contributed by atoms with van der Waals surface area (Å²) in [6.45, 7) is 1.72. The van der Waals surface area contributed by atoms with Crippen LogP contribution in [-0.4, -0.2) is 27.8 Å². The highest BCUT2D eigenvalue weighted by Gasteiger charge is 2.47. The van der Waals surface area contributed by atoms with Gasteiger partial charge in [-0.05, 0) is 18.1 Å². The van der Waals surface area contributed by atoms with Crippen molar-refractivity contribution in [1.29, 1.82) is 0 Å². The van der Waals surface area contributed by atoms with E-state index in [1.807, 2.05) is 0 Å². The first-order valence-corrected chi connectivity index (χ1v) is 4.34. The number of rotatable bonds is 1. The van der Waals surface area contributed by atoms with Gasteiger partial charge in [0.05, 0.1) is 0 Å². The van der Waals surface area contributed by atoms with Gasteiger partial charge in [0.15, 0.2) is 5.60 Å². The molecule has 4 nitrogen and oxygen atoms in total. The monoisotopic (exact) mass is 163 g/mol. The number of amides is 1. The molecule has 1 amide bonds. The van der Waals surface area contributed by atoms with E-state index in [2.05, 4.69) is 4.74 Å². The molecule has 0 unspecified atom stereocenters. The van der Waals surface area contributed by atoms with Crippen molar-refractivity contribution in [2.45, 2.75) is 12.5 Å². The van der Waals surface area contributed by atoms with Gasteiger partial charge in [-0.25, -0.2) is 4.79 Å². The van der Waals surface area contributed by atoms with E-state index in [4.69, 9.17) is 5.73 Å². The Morgan fingerprint density at radius 2 is 2.30 bits per heavy atom. The zero-order chi connectivity index (χ0) is 7.78. The van der Waals surface area contributed by atoms with Crippen molar-refractivity contribution in [3.8, 4) is 0 Å². The highest BCUT2D eigenvalue weighted by molar-refractivity contribution is 7.93. The summed E-state index contributed by atoms with van der Waals surface area (Å²) in [6, 6.07) is 0. The van der Waals surface area contributed by atoms with Gasteiger partial charge in [0.2, 0.25) is 0 Å². The Morgan fingerprint density at radius 1 is 1.80 bits per heavy atom. The average Bonchev–Trinajstić information content (AvgIpc) is 1.57. The third-order valence-electron chi connectivity index (χ3n) is 1.28. The van der Waals surface area contributed by atoms with E-state index < -0.39 is 22.9 Å². The standard InChI is InChI=1S/C5H9NO3S/c1-5(9-4(6)7)2-10(8)3-5/h2-3H2,1H3,(H2,6,7)/t5-,10-. The molecule has 0 aromatic rings. The molecule has 0 atom stereocenters. The Kier molecular flexibility index (Phi) is 1.78. The number of nitrogens with two attached hydrogens (primary N) is 1. The Labute approximate surface area is 61.9 Å². The predicted octanol–water partition coefficient (Wildman–Crippen LogP) is -0.397. The van der Waals surface area contributed by atoms with Crippen molar-refractivity contribution >= 4 is 17.3 Å². The minimum atomic E-state index is -0.811. The van der Waals surface area contributed by atoms with Crippen LogP contribution in [0, 0.1) is 0 Å². The van der Waals surface area contributed by atoms with Gasteiger partial charge < -0.3 is 15.0 Å². The molecule has 0 spiro atoms. The molecule has 5 heteroatoms. The van der Waals surface area contributed by atoms with Crippen molar-refractivity contribution in [3.63, 3.8) is 0 Å². The first-order chi connectivity index (χ1) is 4.52. The maximum absolute atomic E-state index is 10.6. The van der Waals surface area contributed by atoms with Crippen LogP contribution in [0.4, 0.5) is 4.79 Å². The average molecular weight is 163 g/mol. The highest BCUT2D eigenvalue weighted by Crippen LogP contribution is 2.26. The van der Waals surface area contributed by atoms with Crippen LogP contribution in [0.3, 0.4) is 0 Å². The van der Waals surface area contributed by atoms with Crippen LogP contribution in [-0.2, 0) is 15.9 Å². The Hall–Kier alpha value is -0.420. The molecular weight excluding hydrogens is 154 g/mol. The molecule has 0 aliphatic carbocycles. The molecule has 1 fully saturated rings. The Balaban J connectivity index is 2.34. The van der Waals surface area contributed by atoms with Crippen molar-refractivity contribution < 1.29 is 14.1 Å². The van der Waals surface area contributed by atoms with E-state index in [1.54, 1.807) is 6.92 Å². The van der Waals surface area contributed by atoms with Crippen LogP contribution in [0.15, 0.2) is 0 Å². The normalized spacial score (nSPS) is 38.4. The Bertz CT molecular complexity index is 155. The highest BCUT2D eigenvalue weighted by atomic mass is 32.2. The van der Waals surface area contributed by atoms with Crippen LogP contribution in [0.1, 0.15) is 6.92 Å². The van der Waals surface area contributed by atoms with Gasteiger partial charge in [0, 0.05) is 0 Å². The molecular formula is C5H9NO3S. The summed E-state index contributed by atoms with van der Waals surface area (Å²) in [7, 11) is 0. The number of hydrogen-bond donors (Lipinski definition) is 1. The molecule has 1 aliphatic heterocycles. The number of hydrogen-bond acceptors (Lipinski definition) is 3. The first-order valence-electron chi connectivity index (χ1n) is 2.85. The molecule has 1 rings (SSSR count). The topological polar surface area (TPSA) is 75.4 Å². The fourth-order valence-corrected chi connectivity index (χ4v) is 2.34. The van der Waals surface area contributed by atoms with Gasteiger partial charge >= 0.3 is 6.09 Å². The lowest BCUT2D eigenvalue weighted by Gasteiger charge is -2.37. The van der Waals surface area contributed by atoms with Crippen LogP contribution in [0.25, 0.3) is 0 Å². The van der Waals surface area contributed by atoms with Gasteiger partial charge in [-0.15, -0.1) is 0 Å². The van der Waals surface area contributed by atoms with E-state index in [-0.39, 0.29) is 0 Å². The summed E-state index contributed by atoms with van der Waals surface area (Å²) < 4.78 is 15.3. The molecule has 0 saturated carbocycles. The molecule has 10 heavy (non-hydrogen) atoms. The van der Waals surface area contributed by atoms with Gasteiger partial charge in [-0.3, -0.25) is 0 Å². The summed E-state index contributed by atoms with van der Waals surface area (Å²) in [5.74, 6) is 0.825. The van der Waals surface area contributed by atoms with E-state index in [0.29, 0.717) is 11.5 Å². The third kappa shape index (κ3) is 1.54. The number of ether oxygens (including phenoxy) is 1. The second-order valence-corrected chi connectivity index (χ2v) is 4.06.